The molecule has 2 heterocycles. The van der Waals surface area contributed by atoms with Gasteiger partial charge in [0.1, 0.15) is 5.82 Å². The molecule has 2 aromatic heterocycles. The zero-order valence-electron chi connectivity index (χ0n) is 13.2. The SMILES string of the molecule is O=C(NCc1ccc(-c2noc(C(F)(F)F)n2)c(F)c1)C(=O)c1cccs1. The largest absolute Gasteiger partial charge is 0.471 e. The summed E-state index contributed by atoms with van der Waals surface area (Å²) in [4.78, 5) is 27.0. The lowest BCUT2D eigenvalue weighted by molar-refractivity contribution is -0.159. The Morgan fingerprint density at radius 1 is 1.22 bits per heavy atom. The summed E-state index contributed by atoms with van der Waals surface area (Å²) in [6.45, 7) is -0.146. The van der Waals surface area contributed by atoms with Crippen molar-refractivity contribution in [1.82, 2.24) is 15.5 Å². The third kappa shape index (κ3) is 4.19. The second-order valence-corrected chi connectivity index (χ2v) is 6.17. The number of thiophene rings is 1. The van der Waals surface area contributed by atoms with Crippen molar-refractivity contribution in [3.05, 3.63) is 57.9 Å². The van der Waals surface area contributed by atoms with Gasteiger partial charge in [0, 0.05) is 6.54 Å². The van der Waals surface area contributed by atoms with Gasteiger partial charge in [-0.3, -0.25) is 9.59 Å². The van der Waals surface area contributed by atoms with E-state index in [0.29, 0.717) is 5.56 Å². The Hall–Kier alpha value is -3.08. The normalized spacial score (nSPS) is 11.4. The molecule has 11 heteroatoms. The van der Waals surface area contributed by atoms with E-state index in [-0.39, 0.29) is 17.0 Å². The maximum atomic E-state index is 14.2. The average molecular weight is 399 g/mol. The molecule has 140 valence electrons. The van der Waals surface area contributed by atoms with Gasteiger partial charge in [0.2, 0.25) is 5.82 Å². The lowest BCUT2D eigenvalue weighted by atomic mass is 10.1. The second-order valence-electron chi connectivity index (χ2n) is 5.22. The highest BCUT2D eigenvalue weighted by Crippen LogP contribution is 2.30. The molecule has 0 fully saturated rings. The third-order valence-electron chi connectivity index (χ3n) is 3.35. The smallest absolute Gasteiger partial charge is 0.345 e. The molecule has 0 saturated heterocycles. The van der Waals surface area contributed by atoms with Crippen LogP contribution in [-0.2, 0) is 17.5 Å². The Kier molecular flexibility index (Phi) is 5.04. The van der Waals surface area contributed by atoms with Crippen molar-refractivity contribution < 1.29 is 31.7 Å². The Bertz CT molecular complexity index is 983. The molecule has 1 aromatic carbocycles. The van der Waals surface area contributed by atoms with Gasteiger partial charge in [-0.1, -0.05) is 17.3 Å². The molecule has 0 aliphatic heterocycles. The van der Waals surface area contributed by atoms with Crippen LogP contribution < -0.4 is 5.32 Å². The summed E-state index contributed by atoms with van der Waals surface area (Å²) in [5, 5.41) is 7.11. The van der Waals surface area contributed by atoms with Crippen LogP contribution in [0.1, 0.15) is 21.1 Å². The molecule has 6 nitrogen and oxygen atoms in total. The fourth-order valence-electron chi connectivity index (χ4n) is 2.08. The fourth-order valence-corrected chi connectivity index (χ4v) is 2.74. The number of alkyl halides is 3. The summed E-state index contributed by atoms with van der Waals surface area (Å²) in [6.07, 6.45) is -4.83. The summed E-state index contributed by atoms with van der Waals surface area (Å²) in [7, 11) is 0. The second kappa shape index (κ2) is 7.27. The van der Waals surface area contributed by atoms with E-state index in [9.17, 15) is 27.2 Å². The highest BCUT2D eigenvalue weighted by Gasteiger charge is 2.38. The quantitative estimate of drug-likeness (QED) is 0.404. The minimum absolute atomic E-state index is 0.146. The molecule has 0 spiro atoms. The van der Waals surface area contributed by atoms with Crippen LogP contribution in [0.15, 0.2) is 40.2 Å². The van der Waals surface area contributed by atoms with Crippen molar-refractivity contribution in [3.8, 4) is 11.4 Å². The molecule has 1 N–H and O–H groups in total. The average Bonchev–Trinajstić information content (AvgIpc) is 3.30. The van der Waals surface area contributed by atoms with Gasteiger partial charge in [-0.25, -0.2) is 4.39 Å². The van der Waals surface area contributed by atoms with E-state index in [1.165, 1.54) is 12.1 Å². The Morgan fingerprint density at radius 3 is 2.59 bits per heavy atom. The molecule has 0 aliphatic carbocycles. The Morgan fingerprint density at radius 2 is 2.00 bits per heavy atom. The fraction of sp³-hybridized carbons (Fsp3) is 0.125. The van der Waals surface area contributed by atoms with Crippen molar-refractivity contribution in [2.24, 2.45) is 0 Å². The number of amides is 1. The maximum absolute atomic E-state index is 14.2. The standard InChI is InChI=1S/C16H9F4N3O3S/c17-10-6-8(7-21-14(25)12(24)11-2-1-5-27-11)3-4-9(10)13-22-15(26-23-13)16(18,19)20/h1-6H,7H2,(H,21,25). The lowest BCUT2D eigenvalue weighted by Gasteiger charge is -2.05. The van der Waals surface area contributed by atoms with Crippen LogP contribution in [0.3, 0.4) is 0 Å². The van der Waals surface area contributed by atoms with E-state index in [1.807, 2.05) is 0 Å². The predicted molar refractivity (Wildman–Crippen MR) is 85.2 cm³/mol. The molecule has 0 atom stereocenters. The van der Waals surface area contributed by atoms with Crippen molar-refractivity contribution in [2.45, 2.75) is 12.7 Å². The first-order valence-corrected chi connectivity index (χ1v) is 8.19. The number of Topliss-reactive ketones (excluding diaryl/α,β-unsaturated/α-hetero) is 1. The van der Waals surface area contributed by atoms with Gasteiger partial charge in [0.15, 0.2) is 0 Å². The highest BCUT2D eigenvalue weighted by atomic mass is 32.1. The summed E-state index contributed by atoms with van der Waals surface area (Å²) in [6, 6.07) is 6.64. The van der Waals surface area contributed by atoms with Crippen LogP contribution in [0.5, 0.6) is 0 Å². The van der Waals surface area contributed by atoms with Gasteiger partial charge >= 0.3 is 12.1 Å². The third-order valence-corrected chi connectivity index (χ3v) is 4.22. The monoisotopic (exact) mass is 399 g/mol. The molecule has 1 amide bonds. The van der Waals surface area contributed by atoms with E-state index in [4.69, 9.17) is 0 Å². The van der Waals surface area contributed by atoms with Crippen LogP contribution in [0.2, 0.25) is 0 Å². The number of halogens is 4. The Labute approximate surface area is 152 Å². The van der Waals surface area contributed by atoms with Gasteiger partial charge in [-0.05, 0) is 29.1 Å². The first-order valence-electron chi connectivity index (χ1n) is 7.31. The first kappa shape index (κ1) is 18.7. The molecular formula is C16H9F4N3O3S. The molecular weight excluding hydrogens is 390 g/mol. The molecule has 3 aromatic rings. The van der Waals surface area contributed by atoms with E-state index in [2.05, 4.69) is 20.0 Å². The number of nitrogens with zero attached hydrogens (tertiary/aromatic N) is 2. The number of benzene rings is 1. The number of hydrogen-bond donors (Lipinski definition) is 1. The van der Waals surface area contributed by atoms with Crippen molar-refractivity contribution >= 4 is 23.0 Å². The lowest BCUT2D eigenvalue weighted by Crippen LogP contribution is -2.30. The highest BCUT2D eigenvalue weighted by molar-refractivity contribution is 7.13. The van der Waals surface area contributed by atoms with E-state index >= 15 is 0 Å². The number of rotatable bonds is 5. The maximum Gasteiger partial charge on any atom is 0.471 e. The van der Waals surface area contributed by atoms with Gasteiger partial charge in [-0.15, -0.1) is 11.3 Å². The summed E-state index contributed by atoms with van der Waals surface area (Å²) in [5.74, 6) is -4.60. The van der Waals surface area contributed by atoms with E-state index in [0.717, 1.165) is 23.5 Å². The van der Waals surface area contributed by atoms with Gasteiger partial charge in [-0.2, -0.15) is 18.2 Å². The molecule has 0 unspecified atom stereocenters. The molecule has 27 heavy (non-hydrogen) atoms. The zero-order chi connectivity index (χ0) is 19.6. The number of hydrogen-bond acceptors (Lipinski definition) is 6. The molecule has 0 saturated carbocycles. The number of nitrogens with one attached hydrogen (secondary N) is 1. The van der Waals surface area contributed by atoms with Crippen LogP contribution in [0.4, 0.5) is 17.6 Å². The van der Waals surface area contributed by atoms with Crippen molar-refractivity contribution in [1.29, 1.82) is 0 Å². The predicted octanol–water partition coefficient (Wildman–Crippen LogP) is 3.46. The van der Waals surface area contributed by atoms with Gasteiger partial charge < -0.3 is 9.84 Å². The Balaban J connectivity index is 1.69. The van der Waals surface area contributed by atoms with Crippen LogP contribution >= 0.6 is 11.3 Å². The number of aromatic nitrogens is 2. The van der Waals surface area contributed by atoms with E-state index < -0.39 is 35.4 Å². The van der Waals surface area contributed by atoms with Crippen LogP contribution in [0, 0.1) is 5.82 Å². The summed E-state index contributed by atoms with van der Waals surface area (Å²) < 4.78 is 55.6. The van der Waals surface area contributed by atoms with Crippen molar-refractivity contribution in [3.63, 3.8) is 0 Å². The van der Waals surface area contributed by atoms with Crippen LogP contribution in [-0.4, -0.2) is 21.8 Å². The zero-order valence-corrected chi connectivity index (χ0v) is 14.0. The first-order chi connectivity index (χ1) is 12.8. The van der Waals surface area contributed by atoms with Gasteiger partial charge in [0.25, 0.3) is 11.7 Å². The van der Waals surface area contributed by atoms with Crippen molar-refractivity contribution in [2.75, 3.05) is 0 Å². The number of ketones is 1. The topological polar surface area (TPSA) is 85.1 Å². The molecule has 0 bridgehead atoms. The molecule has 0 aliphatic rings. The molecule has 0 radical (unpaired) electrons. The van der Waals surface area contributed by atoms with E-state index in [1.54, 1.807) is 11.4 Å². The number of carbonyl (C=O) groups excluding carboxylic acids is 2. The minimum atomic E-state index is -4.83. The molecule has 3 rings (SSSR count). The summed E-state index contributed by atoms with van der Waals surface area (Å²) >= 11 is 1.11. The summed E-state index contributed by atoms with van der Waals surface area (Å²) in [5.41, 5.74) is 0.00195. The minimum Gasteiger partial charge on any atom is -0.345 e. The van der Waals surface area contributed by atoms with Crippen LogP contribution in [0.25, 0.3) is 11.4 Å². The number of carbonyl (C=O) groups is 2. The van der Waals surface area contributed by atoms with Gasteiger partial charge in [0.05, 0.1) is 10.4 Å².